The predicted octanol–water partition coefficient (Wildman–Crippen LogP) is 3.86. The van der Waals surface area contributed by atoms with Gasteiger partial charge in [0.15, 0.2) is 0 Å². The molecule has 2 aromatic carbocycles. The van der Waals surface area contributed by atoms with Gasteiger partial charge in [0, 0.05) is 35.6 Å². The quantitative estimate of drug-likeness (QED) is 0.375. The Morgan fingerprint density at radius 2 is 1.77 bits per heavy atom. The maximum atomic E-state index is 12.5. The third kappa shape index (κ3) is 3.62. The lowest BCUT2D eigenvalue weighted by molar-refractivity contribution is -0.120. The first-order valence-corrected chi connectivity index (χ1v) is 9.92. The number of nitrogens with one attached hydrogen (secondary N) is 1. The smallest absolute Gasteiger partial charge is 0.340 e. The zero-order chi connectivity index (χ0) is 21.3. The molecule has 2 N–H and O–H groups in total. The van der Waals surface area contributed by atoms with Gasteiger partial charge in [0.1, 0.15) is 16.9 Å². The van der Waals surface area contributed by atoms with Crippen LogP contribution in [0.2, 0.25) is 0 Å². The van der Waals surface area contributed by atoms with Gasteiger partial charge in [0.25, 0.3) is 0 Å². The second-order valence-electron chi connectivity index (χ2n) is 7.34. The van der Waals surface area contributed by atoms with Gasteiger partial charge in [0.2, 0.25) is 5.91 Å². The molecule has 0 unspecified atom stereocenters. The molecule has 6 nitrogen and oxygen atoms in total. The van der Waals surface area contributed by atoms with Gasteiger partial charge in [-0.15, -0.1) is 0 Å². The molecule has 4 aromatic rings. The number of benzene rings is 2. The van der Waals surface area contributed by atoms with Crippen LogP contribution in [-0.4, -0.2) is 24.2 Å². The van der Waals surface area contributed by atoms with E-state index >= 15 is 0 Å². The van der Waals surface area contributed by atoms with Gasteiger partial charge in [0.05, 0.1) is 12.0 Å². The molecule has 0 aliphatic carbocycles. The lowest BCUT2D eigenvalue weighted by atomic mass is 9.98. The van der Waals surface area contributed by atoms with E-state index in [0.29, 0.717) is 29.7 Å². The van der Waals surface area contributed by atoms with Crippen molar-refractivity contribution < 1.29 is 18.7 Å². The number of aliphatic hydroxyl groups excluding tert-OH is 1. The van der Waals surface area contributed by atoms with Crippen LogP contribution in [0.3, 0.4) is 0 Å². The van der Waals surface area contributed by atoms with Gasteiger partial charge in [-0.3, -0.25) is 4.79 Å². The summed E-state index contributed by atoms with van der Waals surface area (Å²) in [7, 11) is 0. The average molecular weight is 405 g/mol. The van der Waals surface area contributed by atoms with Crippen LogP contribution in [0.1, 0.15) is 23.3 Å². The van der Waals surface area contributed by atoms with E-state index in [9.17, 15) is 9.59 Å². The first kappa shape index (κ1) is 19.9. The highest BCUT2D eigenvalue weighted by atomic mass is 16.4. The Morgan fingerprint density at radius 3 is 2.50 bits per heavy atom. The predicted molar refractivity (Wildman–Crippen MR) is 116 cm³/mol. The number of carbonyl (C=O) groups is 1. The van der Waals surface area contributed by atoms with E-state index in [-0.39, 0.29) is 18.9 Å². The Hall–Kier alpha value is -3.38. The van der Waals surface area contributed by atoms with Gasteiger partial charge in [-0.25, -0.2) is 4.79 Å². The van der Waals surface area contributed by atoms with Crippen molar-refractivity contribution in [1.29, 1.82) is 0 Å². The van der Waals surface area contributed by atoms with Crippen LogP contribution in [0.4, 0.5) is 0 Å². The molecule has 0 atom stereocenters. The zero-order valence-corrected chi connectivity index (χ0v) is 17.0. The molecule has 0 saturated heterocycles. The van der Waals surface area contributed by atoms with E-state index < -0.39 is 5.63 Å². The highest BCUT2D eigenvalue weighted by Crippen LogP contribution is 2.37. The van der Waals surface area contributed by atoms with E-state index in [1.165, 1.54) is 0 Å². The summed E-state index contributed by atoms with van der Waals surface area (Å²) in [6, 6.07) is 13.7. The van der Waals surface area contributed by atoms with E-state index in [2.05, 4.69) is 5.32 Å². The van der Waals surface area contributed by atoms with Crippen molar-refractivity contribution in [1.82, 2.24) is 5.32 Å². The van der Waals surface area contributed by atoms with E-state index in [1.807, 2.05) is 50.2 Å². The number of aliphatic hydroxyl groups is 1. The molecule has 2 aromatic heterocycles. The third-order valence-corrected chi connectivity index (χ3v) is 5.33. The minimum absolute atomic E-state index is 0.00127. The summed E-state index contributed by atoms with van der Waals surface area (Å²) < 4.78 is 11.5. The molecule has 0 bridgehead atoms. The van der Waals surface area contributed by atoms with Gasteiger partial charge in [-0.2, -0.15) is 0 Å². The highest BCUT2D eigenvalue weighted by molar-refractivity contribution is 6.03. The third-order valence-electron chi connectivity index (χ3n) is 5.33. The first-order valence-electron chi connectivity index (χ1n) is 9.92. The van der Waals surface area contributed by atoms with Crippen molar-refractivity contribution in [3.63, 3.8) is 0 Å². The monoisotopic (exact) mass is 405 g/mol. The Bertz CT molecular complexity index is 1280. The van der Waals surface area contributed by atoms with E-state index in [1.54, 1.807) is 6.07 Å². The summed E-state index contributed by atoms with van der Waals surface area (Å²) in [5, 5.41) is 13.3. The van der Waals surface area contributed by atoms with Crippen molar-refractivity contribution in [3.05, 3.63) is 69.8 Å². The van der Waals surface area contributed by atoms with Crippen molar-refractivity contribution in [2.24, 2.45) is 0 Å². The van der Waals surface area contributed by atoms with Crippen LogP contribution in [0.15, 0.2) is 56.1 Å². The largest absolute Gasteiger partial charge is 0.461 e. The van der Waals surface area contributed by atoms with Gasteiger partial charge in [-0.05, 0) is 37.5 Å². The van der Waals surface area contributed by atoms with Crippen molar-refractivity contribution in [3.8, 4) is 11.1 Å². The molecule has 0 aliphatic rings. The molecule has 0 fully saturated rings. The fourth-order valence-corrected chi connectivity index (χ4v) is 3.80. The minimum Gasteiger partial charge on any atom is -0.461 e. The van der Waals surface area contributed by atoms with Crippen molar-refractivity contribution in [2.75, 3.05) is 13.2 Å². The maximum absolute atomic E-state index is 12.5. The molecule has 6 heteroatoms. The number of furan rings is 1. The minimum atomic E-state index is -0.525. The van der Waals surface area contributed by atoms with Gasteiger partial charge in [-0.1, -0.05) is 30.3 Å². The van der Waals surface area contributed by atoms with Crippen molar-refractivity contribution >= 4 is 27.8 Å². The number of fused-ring (bicyclic) bond motifs is 2. The molecule has 1 amide bonds. The molecule has 154 valence electrons. The van der Waals surface area contributed by atoms with E-state index in [0.717, 1.165) is 33.2 Å². The Kier molecular flexibility index (Phi) is 5.42. The molecule has 0 spiro atoms. The van der Waals surface area contributed by atoms with Gasteiger partial charge < -0.3 is 19.3 Å². The molecule has 2 heterocycles. The Labute approximate surface area is 173 Å². The summed E-state index contributed by atoms with van der Waals surface area (Å²) in [5.41, 5.74) is 3.66. The molecule has 0 radical (unpaired) electrons. The second-order valence-corrected chi connectivity index (χ2v) is 7.34. The summed E-state index contributed by atoms with van der Waals surface area (Å²) in [4.78, 5) is 24.7. The summed E-state index contributed by atoms with van der Waals surface area (Å²) in [6.45, 7) is 4.11. The molecule has 0 saturated carbocycles. The van der Waals surface area contributed by atoms with Crippen LogP contribution in [0.5, 0.6) is 0 Å². The van der Waals surface area contributed by atoms with Crippen molar-refractivity contribution in [2.45, 2.75) is 26.7 Å². The number of aryl methyl sites for hydroxylation is 2. The number of amides is 1. The van der Waals surface area contributed by atoms with Crippen LogP contribution in [-0.2, 0) is 11.2 Å². The Morgan fingerprint density at radius 1 is 1.03 bits per heavy atom. The fraction of sp³-hybridized carbons (Fsp3) is 0.250. The van der Waals surface area contributed by atoms with Crippen LogP contribution >= 0.6 is 0 Å². The zero-order valence-electron chi connectivity index (χ0n) is 17.0. The number of hydrogen-bond donors (Lipinski definition) is 2. The molecular formula is C24H23NO5. The Balaban J connectivity index is 1.83. The van der Waals surface area contributed by atoms with Crippen LogP contribution in [0.25, 0.3) is 33.1 Å². The summed E-state index contributed by atoms with van der Waals surface area (Å²) in [6.07, 6.45) is 0.403. The van der Waals surface area contributed by atoms with Crippen LogP contribution in [0, 0.1) is 13.8 Å². The normalized spacial score (nSPS) is 11.3. The number of hydrogen-bond acceptors (Lipinski definition) is 5. The molecular weight excluding hydrogens is 382 g/mol. The standard InChI is InChI=1S/C24H23NO5/c1-14-17-11-19-21(29-15(2)23(19)16-7-4-3-5-8-16)13-20(17)30-24(28)18(14)12-22(27)25-9-6-10-26/h3-5,7-8,11,13,26H,6,9-10,12H2,1-2H3,(H,25,27). The van der Waals surface area contributed by atoms with E-state index in [4.69, 9.17) is 13.9 Å². The van der Waals surface area contributed by atoms with Gasteiger partial charge >= 0.3 is 5.63 Å². The summed E-state index contributed by atoms with van der Waals surface area (Å²) >= 11 is 0. The molecule has 0 aliphatic heterocycles. The SMILES string of the molecule is Cc1oc2cc3oc(=O)c(CC(=O)NCCCO)c(C)c3cc2c1-c1ccccc1. The lowest BCUT2D eigenvalue weighted by Gasteiger charge is -2.09. The first-order chi connectivity index (χ1) is 14.5. The molecule has 4 rings (SSSR count). The lowest BCUT2D eigenvalue weighted by Crippen LogP contribution is -2.29. The molecule has 30 heavy (non-hydrogen) atoms. The van der Waals surface area contributed by atoms with Crippen LogP contribution < -0.4 is 10.9 Å². The topological polar surface area (TPSA) is 92.7 Å². The number of carbonyl (C=O) groups excluding carboxylic acids is 1. The maximum Gasteiger partial charge on any atom is 0.340 e. The second kappa shape index (κ2) is 8.16. The number of rotatable bonds is 6. The highest BCUT2D eigenvalue weighted by Gasteiger charge is 2.19. The fourth-order valence-electron chi connectivity index (χ4n) is 3.80. The summed E-state index contributed by atoms with van der Waals surface area (Å²) in [5.74, 6) is 0.512. The average Bonchev–Trinajstić information content (AvgIpc) is 3.05.